The Balaban J connectivity index is 2.15. The maximum atomic E-state index is 11.1. The van der Waals surface area contributed by atoms with E-state index in [2.05, 4.69) is 15.6 Å². The molecule has 2 N–H and O–H groups in total. The molecule has 1 amide bonds. The summed E-state index contributed by atoms with van der Waals surface area (Å²) in [7, 11) is 0. The van der Waals surface area contributed by atoms with Crippen LogP contribution in [0.25, 0.3) is 0 Å². The summed E-state index contributed by atoms with van der Waals surface area (Å²) in [6.45, 7) is 3.50. The molecule has 0 saturated heterocycles. The minimum Gasteiger partial charge on any atom is -0.362 e. The van der Waals surface area contributed by atoms with Crippen molar-refractivity contribution in [2.45, 2.75) is 19.9 Å². The number of anilines is 2. The largest absolute Gasteiger partial charge is 0.362 e. The number of benzene rings is 1. The van der Waals surface area contributed by atoms with Gasteiger partial charge in [0.25, 0.3) is 0 Å². The Morgan fingerprint density at radius 1 is 1.30 bits per heavy atom. The van der Waals surface area contributed by atoms with E-state index < -0.39 is 0 Å². The van der Waals surface area contributed by atoms with Crippen LogP contribution < -0.4 is 10.6 Å². The number of halogens is 1. The first-order valence-corrected chi connectivity index (χ1v) is 6.68. The molecule has 1 aromatic heterocycles. The van der Waals surface area contributed by atoms with E-state index in [1.807, 2.05) is 31.2 Å². The number of rotatable bonds is 4. The van der Waals surface area contributed by atoms with E-state index in [4.69, 9.17) is 11.6 Å². The molecule has 0 spiro atoms. The van der Waals surface area contributed by atoms with Crippen molar-refractivity contribution in [3.8, 4) is 0 Å². The van der Waals surface area contributed by atoms with E-state index in [9.17, 15) is 4.79 Å². The van der Waals surface area contributed by atoms with Crippen LogP contribution in [-0.4, -0.2) is 10.9 Å². The van der Waals surface area contributed by atoms with E-state index in [1.54, 1.807) is 18.3 Å². The SMILES string of the molecule is CC(=O)Nc1cccc(C(C)Nc2ncccc2Cl)c1. The molecule has 0 fully saturated rings. The van der Waals surface area contributed by atoms with Gasteiger partial charge in [-0.15, -0.1) is 0 Å². The van der Waals surface area contributed by atoms with Gasteiger partial charge in [0.15, 0.2) is 0 Å². The lowest BCUT2D eigenvalue weighted by atomic mass is 10.1. The summed E-state index contributed by atoms with van der Waals surface area (Å²) < 4.78 is 0. The van der Waals surface area contributed by atoms with Crippen LogP contribution in [-0.2, 0) is 4.79 Å². The molecule has 0 saturated carbocycles. The van der Waals surface area contributed by atoms with Gasteiger partial charge in [-0.1, -0.05) is 23.7 Å². The van der Waals surface area contributed by atoms with Gasteiger partial charge in [-0.05, 0) is 36.8 Å². The van der Waals surface area contributed by atoms with Crippen LogP contribution >= 0.6 is 11.6 Å². The summed E-state index contributed by atoms with van der Waals surface area (Å²) in [5.41, 5.74) is 1.81. The van der Waals surface area contributed by atoms with Crippen LogP contribution in [0.5, 0.6) is 0 Å². The molecule has 2 aromatic rings. The summed E-state index contributed by atoms with van der Waals surface area (Å²) in [5.74, 6) is 0.558. The molecule has 0 bridgehead atoms. The number of carbonyl (C=O) groups is 1. The molecule has 20 heavy (non-hydrogen) atoms. The Bertz CT molecular complexity index is 616. The highest BCUT2D eigenvalue weighted by molar-refractivity contribution is 6.32. The monoisotopic (exact) mass is 289 g/mol. The van der Waals surface area contributed by atoms with Crippen LogP contribution in [0.3, 0.4) is 0 Å². The Labute approximate surface area is 123 Å². The fourth-order valence-electron chi connectivity index (χ4n) is 1.87. The van der Waals surface area contributed by atoms with Gasteiger partial charge in [0, 0.05) is 18.8 Å². The second-order valence-electron chi connectivity index (χ2n) is 4.51. The van der Waals surface area contributed by atoms with E-state index in [1.165, 1.54) is 6.92 Å². The predicted octanol–water partition coefficient (Wildman–Crippen LogP) is 3.87. The summed E-state index contributed by atoms with van der Waals surface area (Å²) in [6, 6.07) is 11.3. The topological polar surface area (TPSA) is 54.0 Å². The Morgan fingerprint density at radius 2 is 2.10 bits per heavy atom. The number of pyridine rings is 1. The quantitative estimate of drug-likeness (QED) is 0.898. The van der Waals surface area contributed by atoms with E-state index in [-0.39, 0.29) is 11.9 Å². The first kappa shape index (κ1) is 14.3. The van der Waals surface area contributed by atoms with Crippen molar-refractivity contribution in [2.75, 3.05) is 10.6 Å². The first-order valence-electron chi connectivity index (χ1n) is 6.31. The lowest BCUT2D eigenvalue weighted by Gasteiger charge is -2.16. The zero-order valence-corrected chi connectivity index (χ0v) is 12.1. The third-order valence-corrected chi connectivity index (χ3v) is 3.12. The molecular weight excluding hydrogens is 274 g/mol. The molecule has 0 radical (unpaired) electrons. The zero-order chi connectivity index (χ0) is 14.5. The highest BCUT2D eigenvalue weighted by Gasteiger charge is 2.09. The minimum absolute atomic E-state index is 0.0242. The Kier molecular flexibility index (Phi) is 4.58. The third-order valence-electron chi connectivity index (χ3n) is 2.82. The maximum Gasteiger partial charge on any atom is 0.221 e. The minimum atomic E-state index is -0.0875. The van der Waals surface area contributed by atoms with Gasteiger partial charge in [-0.3, -0.25) is 4.79 Å². The number of aromatic nitrogens is 1. The molecule has 5 heteroatoms. The van der Waals surface area contributed by atoms with Crippen molar-refractivity contribution in [1.82, 2.24) is 4.98 Å². The standard InChI is InChI=1S/C15H16ClN3O/c1-10(18-15-14(16)7-4-8-17-15)12-5-3-6-13(9-12)19-11(2)20/h3-10H,1-2H3,(H,17,18)(H,19,20). The van der Waals surface area contributed by atoms with Crippen LogP contribution in [0.4, 0.5) is 11.5 Å². The van der Waals surface area contributed by atoms with Crippen molar-refractivity contribution in [2.24, 2.45) is 0 Å². The van der Waals surface area contributed by atoms with Crippen molar-refractivity contribution in [3.63, 3.8) is 0 Å². The summed E-state index contributed by atoms with van der Waals surface area (Å²) in [4.78, 5) is 15.3. The third kappa shape index (κ3) is 3.71. The Morgan fingerprint density at radius 3 is 2.80 bits per heavy atom. The lowest BCUT2D eigenvalue weighted by Crippen LogP contribution is -2.10. The fourth-order valence-corrected chi connectivity index (χ4v) is 2.05. The molecule has 1 heterocycles. The maximum absolute atomic E-state index is 11.1. The molecule has 1 unspecified atom stereocenters. The normalized spacial score (nSPS) is 11.8. The van der Waals surface area contributed by atoms with Gasteiger partial charge >= 0.3 is 0 Å². The molecule has 1 aromatic carbocycles. The number of nitrogens with one attached hydrogen (secondary N) is 2. The van der Waals surface area contributed by atoms with E-state index in [0.29, 0.717) is 10.8 Å². The van der Waals surface area contributed by atoms with Gasteiger partial charge in [-0.2, -0.15) is 0 Å². The molecule has 0 aliphatic rings. The number of hydrogen-bond donors (Lipinski definition) is 2. The average molecular weight is 290 g/mol. The van der Waals surface area contributed by atoms with E-state index >= 15 is 0 Å². The van der Waals surface area contributed by atoms with Gasteiger partial charge in [0.05, 0.1) is 11.1 Å². The highest BCUT2D eigenvalue weighted by atomic mass is 35.5. The summed E-state index contributed by atoms with van der Waals surface area (Å²) in [6.07, 6.45) is 1.69. The van der Waals surface area contributed by atoms with Crippen molar-refractivity contribution >= 4 is 29.0 Å². The van der Waals surface area contributed by atoms with Crippen molar-refractivity contribution in [3.05, 3.63) is 53.2 Å². The second kappa shape index (κ2) is 6.39. The van der Waals surface area contributed by atoms with Gasteiger partial charge in [0.2, 0.25) is 5.91 Å². The van der Waals surface area contributed by atoms with E-state index in [0.717, 1.165) is 11.3 Å². The molecular formula is C15H16ClN3O. The number of hydrogen-bond acceptors (Lipinski definition) is 3. The number of nitrogens with zero attached hydrogens (tertiary/aromatic N) is 1. The molecule has 104 valence electrons. The average Bonchev–Trinajstić information content (AvgIpc) is 2.41. The van der Waals surface area contributed by atoms with Crippen molar-refractivity contribution in [1.29, 1.82) is 0 Å². The van der Waals surface area contributed by atoms with Gasteiger partial charge in [0.1, 0.15) is 5.82 Å². The number of amides is 1. The molecule has 0 aliphatic heterocycles. The molecule has 1 atom stereocenters. The first-order chi connectivity index (χ1) is 9.56. The smallest absolute Gasteiger partial charge is 0.221 e. The second-order valence-corrected chi connectivity index (χ2v) is 4.91. The van der Waals surface area contributed by atoms with Crippen LogP contribution in [0.15, 0.2) is 42.6 Å². The summed E-state index contributed by atoms with van der Waals surface area (Å²) >= 11 is 6.07. The fraction of sp³-hybridized carbons (Fsp3) is 0.200. The number of carbonyl (C=O) groups excluding carboxylic acids is 1. The zero-order valence-electron chi connectivity index (χ0n) is 11.4. The van der Waals surface area contributed by atoms with Crippen LogP contribution in [0, 0.1) is 0 Å². The van der Waals surface area contributed by atoms with Gasteiger partial charge < -0.3 is 10.6 Å². The molecule has 0 aliphatic carbocycles. The summed E-state index contributed by atoms with van der Waals surface area (Å²) in [5, 5.41) is 6.60. The molecule has 2 rings (SSSR count). The van der Waals surface area contributed by atoms with Crippen LogP contribution in [0.2, 0.25) is 5.02 Å². The van der Waals surface area contributed by atoms with Crippen LogP contribution in [0.1, 0.15) is 25.5 Å². The predicted molar refractivity (Wildman–Crippen MR) is 82.0 cm³/mol. The molecule has 4 nitrogen and oxygen atoms in total. The Hall–Kier alpha value is -2.07. The highest BCUT2D eigenvalue weighted by Crippen LogP contribution is 2.24. The van der Waals surface area contributed by atoms with Gasteiger partial charge in [-0.25, -0.2) is 4.98 Å². The van der Waals surface area contributed by atoms with Crippen molar-refractivity contribution < 1.29 is 4.79 Å². The lowest BCUT2D eigenvalue weighted by molar-refractivity contribution is -0.114.